The lowest BCUT2D eigenvalue weighted by Crippen LogP contribution is -2.38. The number of sulfonamides is 1. The SMILES string of the molecule is C=CC(=O)NCc1ccccc1CS(=O)(=O)N1CCC(C)CC1. The Balaban J connectivity index is 2.09. The van der Waals surface area contributed by atoms with Gasteiger partial charge < -0.3 is 5.32 Å². The van der Waals surface area contributed by atoms with Gasteiger partial charge in [-0.15, -0.1) is 0 Å². The lowest BCUT2D eigenvalue weighted by atomic mass is 10.0. The fraction of sp³-hybridized carbons (Fsp3) is 0.471. The largest absolute Gasteiger partial charge is 0.348 e. The summed E-state index contributed by atoms with van der Waals surface area (Å²) in [5, 5.41) is 2.69. The van der Waals surface area contributed by atoms with E-state index >= 15 is 0 Å². The number of rotatable bonds is 6. The van der Waals surface area contributed by atoms with Gasteiger partial charge in [-0.3, -0.25) is 4.79 Å². The highest BCUT2D eigenvalue weighted by molar-refractivity contribution is 7.88. The standard InChI is InChI=1S/C17H24N2O3S/c1-3-17(20)18-12-15-6-4-5-7-16(15)13-23(21,22)19-10-8-14(2)9-11-19/h3-7,14H,1,8-13H2,2H3,(H,18,20). The van der Waals surface area contributed by atoms with Crippen LogP contribution in [0.3, 0.4) is 0 Å². The molecule has 0 atom stereocenters. The van der Waals surface area contributed by atoms with E-state index in [9.17, 15) is 13.2 Å². The number of benzene rings is 1. The molecule has 1 fully saturated rings. The van der Waals surface area contributed by atoms with Crippen molar-refractivity contribution in [3.05, 3.63) is 48.0 Å². The van der Waals surface area contributed by atoms with E-state index in [1.54, 1.807) is 10.4 Å². The number of piperidine rings is 1. The molecule has 0 saturated carbocycles. The molecule has 1 heterocycles. The van der Waals surface area contributed by atoms with Crippen molar-refractivity contribution in [1.82, 2.24) is 9.62 Å². The number of amides is 1. The maximum atomic E-state index is 12.6. The Labute approximate surface area is 138 Å². The maximum Gasteiger partial charge on any atom is 0.243 e. The molecule has 0 aliphatic carbocycles. The van der Waals surface area contributed by atoms with Crippen LogP contribution in [0.15, 0.2) is 36.9 Å². The van der Waals surface area contributed by atoms with Gasteiger partial charge in [-0.25, -0.2) is 12.7 Å². The highest BCUT2D eigenvalue weighted by Crippen LogP contribution is 2.22. The van der Waals surface area contributed by atoms with Crippen molar-refractivity contribution >= 4 is 15.9 Å². The van der Waals surface area contributed by atoms with E-state index in [4.69, 9.17) is 0 Å². The molecule has 1 N–H and O–H groups in total. The predicted octanol–water partition coefficient (Wildman–Crippen LogP) is 2.05. The zero-order valence-electron chi connectivity index (χ0n) is 13.5. The van der Waals surface area contributed by atoms with Crippen LogP contribution in [-0.4, -0.2) is 31.7 Å². The first kappa shape index (κ1) is 17.7. The van der Waals surface area contributed by atoms with Crippen molar-refractivity contribution in [2.24, 2.45) is 5.92 Å². The average Bonchev–Trinajstić information content (AvgIpc) is 2.53. The van der Waals surface area contributed by atoms with E-state index in [0.717, 1.165) is 24.0 Å². The second kappa shape index (κ2) is 7.75. The Kier molecular flexibility index (Phi) is 5.96. The number of hydrogen-bond donors (Lipinski definition) is 1. The summed E-state index contributed by atoms with van der Waals surface area (Å²) in [5.74, 6) is 0.289. The molecule has 6 heteroatoms. The zero-order chi connectivity index (χ0) is 16.9. The van der Waals surface area contributed by atoms with Gasteiger partial charge in [-0.1, -0.05) is 37.8 Å². The third kappa shape index (κ3) is 4.91. The van der Waals surface area contributed by atoms with Crippen molar-refractivity contribution in [3.8, 4) is 0 Å². The number of hydrogen-bond acceptors (Lipinski definition) is 3. The van der Waals surface area contributed by atoms with Gasteiger partial charge in [0, 0.05) is 19.6 Å². The normalized spacial score (nSPS) is 16.9. The monoisotopic (exact) mass is 336 g/mol. The van der Waals surface area contributed by atoms with E-state index in [1.165, 1.54) is 6.08 Å². The van der Waals surface area contributed by atoms with E-state index in [2.05, 4.69) is 18.8 Å². The minimum atomic E-state index is -3.33. The summed E-state index contributed by atoms with van der Waals surface area (Å²) in [7, 11) is -3.33. The van der Waals surface area contributed by atoms with Gasteiger partial charge in [0.05, 0.1) is 5.75 Å². The molecule has 1 aromatic carbocycles. The molecule has 1 aromatic rings. The summed E-state index contributed by atoms with van der Waals surface area (Å²) < 4.78 is 26.9. The van der Waals surface area contributed by atoms with Crippen LogP contribution in [0.4, 0.5) is 0 Å². The molecule has 1 saturated heterocycles. The molecule has 23 heavy (non-hydrogen) atoms. The first-order valence-corrected chi connectivity index (χ1v) is 9.48. The van der Waals surface area contributed by atoms with Crippen LogP contribution in [0.25, 0.3) is 0 Å². The molecule has 1 aliphatic heterocycles. The Hall–Kier alpha value is -1.66. The van der Waals surface area contributed by atoms with Crippen molar-refractivity contribution in [2.45, 2.75) is 32.1 Å². The molecule has 0 bridgehead atoms. The van der Waals surface area contributed by atoms with Crippen LogP contribution in [0, 0.1) is 5.92 Å². The minimum Gasteiger partial charge on any atom is -0.348 e. The summed E-state index contributed by atoms with van der Waals surface area (Å²) >= 11 is 0. The van der Waals surface area contributed by atoms with Crippen LogP contribution >= 0.6 is 0 Å². The van der Waals surface area contributed by atoms with Gasteiger partial charge in [-0.05, 0) is 36.0 Å². The van der Waals surface area contributed by atoms with Gasteiger partial charge in [0.1, 0.15) is 0 Å². The lowest BCUT2D eigenvalue weighted by Gasteiger charge is -2.29. The Bertz CT molecular complexity index is 662. The highest BCUT2D eigenvalue weighted by atomic mass is 32.2. The minimum absolute atomic E-state index is 0.0263. The first-order chi connectivity index (χ1) is 10.9. The first-order valence-electron chi connectivity index (χ1n) is 7.87. The van der Waals surface area contributed by atoms with Crippen LogP contribution in [0.1, 0.15) is 30.9 Å². The van der Waals surface area contributed by atoms with Gasteiger partial charge in [0.2, 0.25) is 15.9 Å². The second-order valence-electron chi connectivity index (χ2n) is 6.03. The van der Waals surface area contributed by atoms with E-state index in [-0.39, 0.29) is 11.7 Å². The third-order valence-corrected chi connectivity index (χ3v) is 6.06. The third-order valence-electron chi connectivity index (χ3n) is 4.23. The molecule has 2 rings (SSSR count). The fourth-order valence-corrected chi connectivity index (χ4v) is 4.30. The molecule has 5 nitrogen and oxygen atoms in total. The van der Waals surface area contributed by atoms with Gasteiger partial charge in [0.25, 0.3) is 0 Å². The summed E-state index contributed by atoms with van der Waals surface area (Å²) in [6, 6.07) is 7.31. The molecule has 0 spiro atoms. The van der Waals surface area contributed by atoms with Crippen molar-refractivity contribution in [3.63, 3.8) is 0 Å². The number of carbonyl (C=O) groups is 1. The molecule has 126 valence electrons. The number of nitrogens with one attached hydrogen (secondary N) is 1. The van der Waals surface area contributed by atoms with E-state index < -0.39 is 10.0 Å². The number of nitrogens with zero attached hydrogens (tertiary/aromatic N) is 1. The van der Waals surface area contributed by atoms with Crippen LogP contribution in [0.5, 0.6) is 0 Å². The predicted molar refractivity (Wildman–Crippen MR) is 91.1 cm³/mol. The number of carbonyl (C=O) groups excluding carboxylic acids is 1. The van der Waals surface area contributed by atoms with E-state index in [1.807, 2.05) is 18.2 Å². The van der Waals surface area contributed by atoms with Crippen LogP contribution in [-0.2, 0) is 27.1 Å². The molecular formula is C17H24N2O3S. The molecule has 1 amide bonds. The molecular weight excluding hydrogens is 312 g/mol. The zero-order valence-corrected chi connectivity index (χ0v) is 14.3. The van der Waals surface area contributed by atoms with Crippen molar-refractivity contribution in [2.75, 3.05) is 13.1 Å². The van der Waals surface area contributed by atoms with Gasteiger partial charge in [-0.2, -0.15) is 0 Å². The quantitative estimate of drug-likeness (QED) is 0.809. The van der Waals surface area contributed by atoms with Crippen LogP contribution < -0.4 is 5.32 Å². The summed E-state index contributed by atoms with van der Waals surface area (Å²) in [4.78, 5) is 11.3. The Morgan fingerprint density at radius 2 is 1.91 bits per heavy atom. The lowest BCUT2D eigenvalue weighted by molar-refractivity contribution is -0.116. The Morgan fingerprint density at radius 1 is 1.30 bits per heavy atom. The molecule has 0 radical (unpaired) electrons. The van der Waals surface area contributed by atoms with Crippen LogP contribution in [0.2, 0.25) is 0 Å². The molecule has 0 aromatic heterocycles. The Morgan fingerprint density at radius 3 is 2.52 bits per heavy atom. The van der Waals surface area contributed by atoms with Gasteiger partial charge >= 0.3 is 0 Å². The summed E-state index contributed by atoms with van der Waals surface area (Å²) in [6.07, 6.45) is 3.03. The van der Waals surface area contributed by atoms with Crippen molar-refractivity contribution in [1.29, 1.82) is 0 Å². The average molecular weight is 336 g/mol. The maximum absolute atomic E-state index is 12.6. The fourth-order valence-electron chi connectivity index (χ4n) is 2.68. The molecule has 1 aliphatic rings. The van der Waals surface area contributed by atoms with Crippen molar-refractivity contribution < 1.29 is 13.2 Å². The van der Waals surface area contributed by atoms with Gasteiger partial charge in [0.15, 0.2) is 0 Å². The smallest absolute Gasteiger partial charge is 0.243 e. The summed E-state index contributed by atoms with van der Waals surface area (Å²) in [6.45, 7) is 7.05. The highest BCUT2D eigenvalue weighted by Gasteiger charge is 2.27. The van der Waals surface area contributed by atoms with E-state index in [0.29, 0.717) is 25.6 Å². The summed E-state index contributed by atoms with van der Waals surface area (Å²) in [5.41, 5.74) is 1.55. The topological polar surface area (TPSA) is 66.5 Å². The molecule has 0 unspecified atom stereocenters. The second-order valence-corrected chi connectivity index (χ2v) is 8.00.